The van der Waals surface area contributed by atoms with Crippen molar-refractivity contribution >= 4 is 27.4 Å². The third kappa shape index (κ3) is 2.86. The van der Waals surface area contributed by atoms with Gasteiger partial charge >= 0.3 is 5.97 Å². The van der Waals surface area contributed by atoms with Gasteiger partial charge in [0.1, 0.15) is 5.25 Å². The highest BCUT2D eigenvalue weighted by molar-refractivity contribution is 7.91. The van der Waals surface area contributed by atoms with Gasteiger partial charge < -0.3 is 5.11 Å². The Labute approximate surface area is 139 Å². The summed E-state index contributed by atoms with van der Waals surface area (Å²) in [6.07, 6.45) is 0.879. The van der Waals surface area contributed by atoms with E-state index in [1.165, 1.54) is 24.3 Å². The van der Waals surface area contributed by atoms with Crippen LogP contribution in [0, 0.1) is 5.92 Å². The molecule has 2 aromatic rings. The fourth-order valence-corrected chi connectivity index (χ4v) is 5.31. The van der Waals surface area contributed by atoms with Gasteiger partial charge in [-0.15, -0.1) is 0 Å². The van der Waals surface area contributed by atoms with Crippen molar-refractivity contribution in [1.82, 2.24) is 0 Å². The molecule has 1 N–H and O–H groups in total. The first kappa shape index (κ1) is 16.0. The van der Waals surface area contributed by atoms with Gasteiger partial charge in [-0.05, 0) is 48.2 Å². The summed E-state index contributed by atoms with van der Waals surface area (Å²) >= 11 is 5.82. The molecular weight excluding hydrogens is 336 g/mol. The van der Waals surface area contributed by atoms with E-state index in [-0.39, 0.29) is 4.90 Å². The number of halogens is 1. The Morgan fingerprint density at radius 1 is 1.09 bits per heavy atom. The van der Waals surface area contributed by atoms with Crippen molar-refractivity contribution in [2.24, 2.45) is 5.92 Å². The van der Waals surface area contributed by atoms with Crippen molar-refractivity contribution in [2.75, 3.05) is 0 Å². The van der Waals surface area contributed by atoms with Crippen LogP contribution < -0.4 is 0 Å². The van der Waals surface area contributed by atoms with Gasteiger partial charge in [0.15, 0.2) is 9.84 Å². The molecule has 23 heavy (non-hydrogen) atoms. The monoisotopic (exact) mass is 350 g/mol. The predicted molar refractivity (Wildman–Crippen MR) is 87.3 cm³/mol. The normalized spacial score (nSPS) is 20.7. The maximum atomic E-state index is 13.1. The third-order valence-corrected chi connectivity index (χ3v) is 6.68. The van der Waals surface area contributed by atoms with Crippen molar-refractivity contribution in [3.05, 3.63) is 64.7 Å². The second-order valence-corrected chi connectivity index (χ2v) is 8.11. The van der Waals surface area contributed by atoms with E-state index in [0.717, 1.165) is 5.56 Å². The smallest absolute Gasteiger partial charge is 0.308 e. The standard InChI is InChI=1S/C17H15ClO4S/c18-12-6-8-13(9-7-12)23(21,22)16-14-4-2-1-3-11(14)5-10-15(16)17(19)20/h1-4,6-9,15-16H,5,10H2,(H,19,20). The van der Waals surface area contributed by atoms with Crippen molar-refractivity contribution < 1.29 is 18.3 Å². The summed E-state index contributed by atoms with van der Waals surface area (Å²) in [6, 6.07) is 13.0. The minimum atomic E-state index is -3.83. The van der Waals surface area contributed by atoms with E-state index in [9.17, 15) is 18.3 Å². The van der Waals surface area contributed by atoms with Crippen LogP contribution in [0.5, 0.6) is 0 Å². The van der Waals surface area contributed by atoms with Crippen molar-refractivity contribution in [3.8, 4) is 0 Å². The highest BCUT2D eigenvalue weighted by Gasteiger charge is 2.43. The number of carbonyl (C=O) groups is 1. The van der Waals surface area contributed by atoms with Crippen LogP contribution in [-0.2, 0) is 21.1 Å². The largest absolute Gasteiger partial charge is 0.481 e. The van der Waals surface area contributed by atoms with Crippen LogP contribution in [0.1, 0.15) is 22.8 Å². The molecule has 0 fully saturated rings. The van der Waals surface area contributed by atoms with Crippen LogP contribution in [0.25, 0.3) is 0 Å². The summed E-state index contributed by atoms with van der Waals surface area (Å²) in [5.74, 6) is -2.03. The number of rotatable bonds is 3. The SMILES string of the molecule is O=C(O)C1CCc2ccccc2C1S(=O)(=O)c1ccc(Cl)cc1. The molecule has 120 valence electrons. The average molecular weight is 351 g/mol. The summed E-state index contributed by atoms with van der Waals surface area (Å²) in [4.78, 5) is 11.7. The number of aryl methyl sites for hydroxylation is 1. The number of carboxylic acid groups (broad SMARTS) is 1. The van der Waals surface area contributed by atoms with Crippen LogP contribution in [0.2, 0.25) is 5.02 Å². The molecule has 0 amide bonds. The van der Waals surface area contributed by atoms with Crippen molar-refractivity contribution in [1.29, 1.82) is 0 Å². The molecule has 2 unspecified atom stereocenters. The first-order valence-corrected chi connectivity index (χ1v) is 9.14. The molecule has 0 bridgehead atoms. The Morgan fingerprint density at radius 3 is 2.39 bits per heavy atom. The molecule has 0 heterocycles. The molecule has 1 aliphatic rings. The van der Waals surface area contributed by atoms with Crippen molar-refractivity contribution in [3.63, 3.8) is 0 Å². The number of sulfone groups is 1. The minimum Gasteiger partial charge on any atom is -0.481 e. The maximum absolute atomic E-state index is 13.1. The Kier molecular flexibility index (Phi) is 4.17. The molecule has 0 spiro atoms. The molecule has 2 atom stereocenters. The molecule has 0 saturated carbocycles. The minimum absolute atomic E-state index is 0.0925. The number of hydrogen-bond donors (Lipinski definition) is 1. The van der Waals surface area contributed by atoms with Crippen LogP contribution in [-0.4, -0.2) is 19.5 Å². The van der Waals surface area contributed by atoms with Crippen molar-refractivity contribution in [2.45, 2.75) is 23.0 Å². The number of carboxylic acids is 1. The topological polar surface area (TPSA) is 71.4 Å². The number of hydrogen-bond acceptors (Lipinski definition) is 3. The van der Waals surface area contributed by atoms with Gasteiger partial charge in [0, 0.05) is 5.02 Å². The number of fused-ring (bicyclic) bond motifs is 1. The lowest BCUT2D eigenvalue weighted by molar-refractivity contribution is -0.142. The van der Waals surface area contributed by atoms with E-state index >= 15 is 0 Å². The van der Waals surface area contributed by atoms with Gasteiger partial charge in [-0.25, -0.2) is 8.42 Å². The lowest BCUT2D eigenvalue weighted by Gasteiger charge is -2.30. The van der Waals surface area contributed by atoms with Crippen LogP contribution in [0.3, 0.4) is 0 Å². The second kappa shape index (κ2) is 5.98. The van der Waals surface area contributed by atoms with E-state index in [2.05, 4.69) is 0 Å². The Hall–Kier alpha value is -1.85. The van der Waals surface area contributed by atoms with E-state index in [1.54, 1.807) is 12.1 Å². The molecule has 0 aromatic heterocycles. The summed E-state index contributed by atoms with van der Waals surface area (Å²) in [6.45, 7) is 0. The van der Waals surface area contributed by atoms with Crippen LogP contribution >= 0.6 is 11.6 Å². The van der Waals surface area contributed by atoms with Gasteiger partial charge in [0.2, 0.25) is 0 Å². The first-order valence-electron chi connectivity index (χ1n) is 7.21. The van der Waals surface area contributed by atoms with E-state index in [0.29, 0.717) is 23.4 Å². The van der Waals surface area contributed by atoms with Crippen LogP contribution in [0.4, 0.5) is 0 Å². The third-order valence-electron chi connectivity index (χ3n) is 4.25. The molecule has 6 heteroatoms. The molecule has 2 aromatic carbocycles. The Balaban J connectivity index is 2.17. The highest BCUT2D eigenvalue weighted by Crippen LogP contribution is 2.43. The fraction of sp³-hybridized carbons (Fsp3) is 0.235. The Morgan fingerprint density at radius 2 is 1.74 bits per heavy atom. The quantitative estimate of drug-likeness (QED) is 0.919. The summed E-state index contributed by atoms with van der Waals surface area (Å²) in [5, 5.41) is 8.86. The van der Waals surface area contributed by atoms with Gasteiger partial charge in [-0.1, -0.05) is 35.9 Å². The summed E-state index contributed by atoms with van der Waals surface area (Å²) < 4.78 is 26.1. The lowest BCUT2D eigenvalue weighted by Crippen LogP contribution is -2.32. The summed E-state index contributed by atoms with van der Waals surface area (Å²) in [7, 11) is -3.83. The predicted octanol–water partition coefficient (Wildman–Crippen LogP) is 3.50. The molecule has 3 rings (SSSR count). The molecule has 4 nitrogen and oxygen atoms in total. The maximum Gasteiger partial charge on any atom is 0.308 e. The van der Waals surface area contributed by atoms with Gasteiger partial charge in [0.25, 0.3) is 0 Å². The van der Waals surface area contributed by atoms with Gasteiger partial charge in [-0.2, -0.15) is 0 Å². The molecule has 0 saturated heterocycles. The number of aliphatic carboxylic acids is 1. The van der Waals surface area contributed by atoms with Gasteiger partial charge in [-0.3, -0.25) is 4.79 Å². The highest BCUT2D eigenvalue weighted by atomic mass is 35.5. The average Bonchev–Trinajstić information content (AvgIpc) is 2.54. The zero-order chi connectivity index (χ0) is 16.6. The van der Waals surface area contributed by atoms with E-state index in [1.807, 2.05) is 12.1 Å². The zero-order valence-electron chi connectivity index (χ0n) is 12.1. The second-order valence-electron chi connectivity index (χ2n) is 5.60. The number of benzene rings is 2. The molecule has 1 aliphatic carbocycles. The van der Waals surface area contributed by atoms with E-state index < -0.39 is 27.0 Å². The lowest BCUT2D eigenvalue weighted by atomic mass is 9.83. The Bertz CT molecular complexity index is 843. The zero-order valence-corrected chi connectivity index (χ0v) is 13.7. The van der Waals surface area contributed by atoms with Gasteiger partial charge in [0.05, 0.1) is 10.8 Å². The molecule has 0 radical (unpaired) electrons. The molecule has 0 aliphatic heterocycles. The fourth-order valence-electron chi connectivity index (χ4n) is 3.13. The first-order chi connectivity index (χ1) is 10.9. The summed E-state index contributed by atoms with van der Waals surface area (Å²) in [5.41, 5.74) is 1.48. The van der Waals surface area contributed by atoms with Crippen LogP contribution in [0.15, 0.2) is 53.4 Å². The van der Waals surface area contributed by atoms with E-state index in [4.69, 9.17) is 11.6 Å². The molecular formula is C17H15ClO4S.